The number of hydrogen-bond donors (Lipinski definition) is 0. The van der Waals surface area contributed by atoms with Gasteiger partial charge in [0.1, 0.15) is 0 Å². The summed E-state index contributed by atoms with van der Waals surface area (Å²) in [5, 5.41) is 0. The van der Waals surface area contributed by atoms with Crippen LogP contribution in [0.25, 0.3) is 0 Å². The zero-order valence-electron chi connectivity index (χ0n) is 34.8. The Bertz CT molecular complexity index is 706. The molecule has 0 heterocycles. The van der Waals surface area contributed by atoms with E-state index in [1.807, 2.05) is 0 Å². The predicted molar refractivity (Wildman–Crippen MR) is 218 cm³/mol. The molecule has 0 radical (unpaired) electrons. The maximum absolute atomic E-state index is 12.3. The summed E-state index contributed by atoms with van der Waals surface area (Å²) in [6, 6.07) is 0. The molecule has 0 aromatic carbocycles. The van der Waals surface area contributed by atoms with Gasteiger partial charge in [-0.25, -0.2) is 0 Å². The van der Waals surface area contributed by atoms with Crippen LogP contribution in [0, 0.1) is 17.8 Å². The molecule has 0 amide bonds. The summed E-state index contributed by atoms with van der Waals surface area (Å²) in [7, 11) is 0. The van der Waals surface area contributed by atoms with E-state index in [2.05, 4.69) is 34.6 Å². The lowest BCUT2D eigenvalue weighted by molar-refractivity contribution is -0.144. The Morgan fingerprint density at radius 1 is 0.340 bits per heavy atom. The van der Waals surface area contributed by atoms with Crippen molar-refractivity contribution in [3.05, 3.63) is 0 Å². The minimum Gasteiger partial charge on any atom is -0.466 e. The lowest BCUT2D eigenvalue weighted by Gasteiger charge is -2.17. The maximum Gasteiger partial charge on any atom is 0.305 e. The predicted octanol–water partition coefficient (Wildman–Crippen LogP) is 15.3. The lowest BCUT2D eigenvalue weighted by atomic mass is 9.90. The lowest BCUT2D eigenvalue weighted by Crippen LogP contribution is -2.09. The number of esters is 2. The zero-order chi connectivity index (χ0) is 36.8. The SMILES string of the molecule is CCCCCCC(CCCCC)CCCCCCCOC(=O)CCCC(CC)CCCC(=O)OCCCCCCCCC(CC)CCCCC. The van der Waals surface area contributed by atoms with Crippen LogP contribution < -0.4 is 0 Å². The van der Waals surface area contributed by atoms with Crippen molar-refractivity contribution in [2.24, 2.45) is 17.8 Å². The van der Waals surface area contributed by atoms with Crippen molar-refractivity contribution in [1.29, 1.82) is 0 Å². The smallest absolute Gasteiger partial charge is 0.305 e. The molecule has 0 aliphatic rings. The topological polar surface area (TPSA) is 52.6 Å². The number of rotatable bonds is 40. The molecule has 0 saturated carbocycles. The van der Waals surface area contributed by atoms with Gasteiger partial charge in [0.05, 0.1) is 13.2 Å². The van der Waals surface area contributed by atoms with Crippen molar-refractivity contribution in [2.75, 3.05) is 13.2 Å². The molecule has 0 aliphatic heterocycles. The van der Waals surface area contributed by atoms with Crippen molar-refractivity contribution in [2.45, 2.75) is 253 Å². The Morgan fingerprint density at radius 3 is 1.00 bits per heavy atom. The summed E-state index contributed by atoms with van der Waals surface area (Å²) in [5.41, 5.74) is 0. The summed E-state index contributed by atoms with van der Waals surface area (Å²) in [6.45, 7) is 12.6. The molecule has 0 aliphatic carbocycles. The van der Waals surface area contributed by atoms with Gasteiger partial charge >= 0.3 is 11.9 Å². The highest BCUT2D eigenvalue weighted by atomic mass is 16.5. The van der Waals surface area contributed by atoms with E-state index in [-0.39, 0.29) is 11.9 Å². The Labute approximate surface area is 314 Å². The van der Waals surface area contributed by atoms with Crippen LogP contribution in [0.15, 0.2) is 0 Å². The van der Waals surface area contributed by atoms with Gasteiger partial charge in [0.2, 0.25) is 0 Å². The Balaban J connectivity index is 3.73. The largest absolute Gasteiger partial charge is 0.466 e. The molecule has 0 aromatic heterocycles. The van der Waals surface area contributed by atoms with E-state index >= 15 is 0 Å². The third-order valence-corrected chi connectivity index (χ3v) is 11.3. The van der Waals surface area contributed by atoms with Crippen molar-refractivity contribution in [3.63, 3.8) is 0 Å². The molecular weight excluding hydrogens is 617 g/mol. The average Bonchev–Trinajstić information content (AvgIpc) is 3.12. The second-order valence-electron chi connectivity index (χ2n) is 15.9. The van der Waals surface area contributed by atoms with Gasteiger partial charge in [-0.15, -0.1) is 0 Å². The molecule has 0 spiro atoms. The molecular formula is C46H90O4. The number of carbonyl (C=O) groups is 2. The van der Waals surface area contributed by atoms with Crippen LogP contribution >= 0.6 is 0 Å². The summed E-state index contributed by atoms with van der Waals surface area (Å²) >= 11 is 0. The quantitative estimate of drug-likeness (QED) is 0.0470. The van der Waals surface area contributed by atoms with Crippen LogP contribution in [0.1, 0.15) is 253 Å². The monoisotopic (exact) mass is 707 g/mol. The second kappa shape index (κ2) is 39.2. The van der Waals surface area contributed by atoms with Crippen molar-refractivity contribution in [1.82, 2.24) is 0 Å². The molecule has 0 bridgehead atoms. The highest BCUT2D eigenvalue weighted by Crippen LogP contribution is 2.25. The zero-order valence-corrected chi connectivity index (χ0v) is 34.8. The molecule has 4 heteroatoms. The molecule has 3 atom stereocenters. The average molecular weight is 707 g/mol. The Hall–Kier alpha value is -1.06. The summed E-state index contributed by atoms with van der Waals surface area (Å²) in [4.78, 5) is 24.5. The van der Waals surface area contributed by atoms with Crippen LogP contribution in [0.4, 0.5) is 0 Å². The first kappa shape index (κ1) is 48.9. The summed E-state index contributed by atoms with van der Waals surface area (Å²) < 4.78 is 11.1. The van der Waals surface area contributed by atoms with Gasteiger partial charge in [0.15, 0.2) is 0 Å². The van der Waals surface area contributed by atoms with Crippen LogP contribution in [-0.4, -0.2) is 25.2 Å². The van der Waals surface area contributed by atoms with Crippen LogP contribution in [-0.2, 0) is 19.1 Å². The molecule has 3 unspecified atom stereocenters. The fourth-order valence-electron chi connectivity index (χ4n) is 7.66. The Kier molecular flexibility index (Phi) is 38.3. The number of hydrogen-bond acceptors (Lipinski definition) is 4. The molecule has 0 saturated heterocycles. The fourth-order valence-corrected chi connectivity index (χ4v) is 7.66. The molecule has 0 fully saturated rings. The molecule has 0 rings (SSSR count). The van der Waals surface area contributed by atoms with E-state index in [1.54, 1.807) is 0 Å². The van der Waals surface area contributed by atoms with Crippen LogP contribution in [0.5, 0.6) is 0 Å². The second-order valence-corrected chi connectivity index (χ2v) is 15.9. The van der Waals surface area contributed by atoms with Gasteiger partial charge in [0, 0.05) is 12.8 Å². The van der Waals surface area contributed by atoms with E-state index in [1.165, 1.54) is 161 Å². The van der Waals surface area contributed by atoms with Gasteiger partial charge in [-0.3, -0.25) is 9.59 Å². The third kappa shape index (κ3) is 34.0. The maximum atomic E-state index is 12.3. The van der Waals surface area contributed by atoms with Gasteiger partial charge in [-0.05, 0) is 56.3 Å². The first-order chi connectivity index (χ1) is 24.5. The minimum atomic E-state index is -0.0403. The van der Waals surface area contributed by atoms with E-state index in [0.717, 1.165) is 56.8 Å². The van der Waals surface area contributed by atoms with E-state index in [4.69, 9.17) is 9.47 Å². The highest BCUT2D eigenvalue weighted by molar-refractivity contribution is 5.69. The van der Waals surface area contributed by atoms with Gasteiger partial charge in [0.25, 0.3) is 0 Å². The van der Waals surface area contributed by atoms with Gasteiger partial charge in [-0.1, -0.05) is 202 Å². The Morgan fingerprint density at radius 2 is 0.620 bits per heavy atom. The fraction of sp³-hybridized carbons (Fsp3) is 0.957. The summed E-state index contributed by atoms with van der Waals surface area (Å²) in [5.74, 6) is 2.37. The molecule has 50 heavy (non-hydrogen) atoms. The molecule has 0 aromatic rings. The van der Waals surface area contributed by atoms with Crippen LogP contribution in [0.3, 0.4) is 0 Å². The number of ether oxygens (including phenoxy) is 2. The number of unbranched alkanes of at least 4 members (excludes halogenated alkanes) is 16. The highest BCUT2D eigenvalue weighted by Gasteiger charge is 2.12. The molecule has 0 N–H and O–H groups in total. The van der Waals surface area contributed by atoms with E-state index in [9.17, 15) is 9.59 Å². The third-order valence-electron chi connectivity index (χ3n) is 11.3. The summed E-state index contributed by atoms with van der Waals surface area (Å²) in [6.07, 6.45) is 41.8. The van der Waals surface area contributed by atoms with Crippen molar-refractivity contribution < 1.29 is 19.1 Å². The van der Waals surface area contributed by atoms with Crippen molar-refractivity contribution >= 4 is 11.9 Å². The first-order valence-corrected chi connectivity index (χ1v) is 22.8. The van der Waals surface area contributed by atoms with Gasteiger partial charge < -0.3 is 9.47 Å². The normalized spacial score (nSPS) is 13.3. The van der Waals surface area contributed by atoms with E-state index < -0.39 is 0 Å². The van der Waals surface area contributed by atoms with E-state index in [0.29, 0.717) is 32.0 Å². The molecule has 298 valence electrons. The number of carbonyl (C=O) groups excluding carboxylic acids is 2. The molecule has 4 nitrogen and oxygen atoms in total. The standard InChI is InChI=1S/C46H90O4/c1-6-11-14-24-34-44(33-23-13-8-3)35-26-19-17-21-28-41-50-46(48)39-30-37-43(10-5)36-29-38-45(47)49-40-27-20-16-15-18-25-32-42(9-4)31-22-12-7-2/h42-44H,6-41H2,1-5H3. The first-order valence-electron chi connectivity index (χ1n) is 22.8. The minimum absolute atomic E-state index is 0.0376. The van der Waals surface area contributed by atoms with Crippen LogP contribution in [0.2, 0.25) is 0 Å². The van der Waals surface area contributed by atoms with Crippen molar-refractivity contribution in [3.8, 4) is 0 Å². The van der Waals surface area contributed by atoms with Gasteiger partial charge in [-0.2, -0.15) is 0 Å².